The Morgan fingerprint density at radius 1 is 1.53 bits per heavy atom. The second kappa shape index (κ2) is 5.92. The molecule has 0 aromatic carbocycles. The van der Waals surface area contributed by atoms with Gasteiger partial charge in [0.2, 0.25) is 5.91 Å². The molecule has 1 aliphatic rings. The van der Waals surface area contributed by atoms with E-state index in [1.54, 1.807) is 4.68 Å². The van der Waals surface area contributed by atoms with E-state index in [2.05, 4.69) is 10.4 Å². The van der Waals surface area contributed by atoms with E-state index < -0.39 is 0 Å². The van der Waals surface area contributed by atoms with Crippen LogP contribution in [0.5, 0.6) is 0 Å². The molecule has 6 heteroatoms. The fraction of sp³-hybridized carbons (Fsp3) is 0.692. The first-order valence-electron chi connectivity index (χ1n) is 6.77. The molecule has 1 aromatic rings. The highest BCUT2D eigenvalue weighted by atomic mass is 35.5. The minimum Gasteiger partial charge on any atom is -0.335 e. The van der Waals surface area contributed by atoms with Gasteiger partial charge in [-0.15, -0.1) is 0 Å². The molecule has 0 aliphatic carbocycles. The number of nitrogens with one attached hydrogen (secondary N) is 1. The van der Waals surface area contributed by atoms with E-state index in [0.717, 1.165) is 37.3 Å². The summed E-state index contributed by atoms with van der Waals surface area (Å²) in [7, 11) is 1.88. The zero-order valence-electron chi connectivity index (χ0n) is 11.7. The van der Waals surface area contributed by atoms with Crippen molar-refractivity contribution in [2.24, 2.45) is 7.05 Å². The average molecular weight is 285 g/mol. The second-order valence-electron chi connectivity index (χ2n) is 4.97. The number of aryl methyl sites for hydroxylation is 2. The van der Waals surface area contributed by atoms with Crippen molar-refractivity contribution in [3.63, 3.8) is 0 Å². The third kappa shape index (κ3) is 2.92. The van der Waals surface area contributed by atoms with Gasteiger partial charge in [0.05, 0.1) is 29.0 Å². The van der Waals surface area contributed by atoms with Crippen molar-refractivity contribution in [2.45, 2.75) is 39.3 Å². The fourth-order valence-corrected chi connectivity index (χ4v) is 2.74. The Bertz CT molecular complexity index is 471. The van der Waals surface area contributed by atoms with Crippen molar-refractivity contribution >= 4 is 17.5 Å². The Morgan fingerprint density at radius 2 is 2.26 bits per heavy atom. The fourth-order valence-electron chi connectivity index (χ4n) is 2.39. The van der Waals surface area contributed by atoms with Crippen LogP contribution in [0.25, 0.3) is 0 Å². The normalized spacial score (nSPS) is 20.7. The Hall–Kier alpha value is -1.07. The van der Waals surface area contributed by atoms with Gasteiger partial charge in [-0.3, -0.25) is 9.48 Å². The maximum atomic E-state index is 12.2. The standard InChI is InChI=1S/C13H21ClN4O/c1-4-10-12(14)11(17(3)16-10)8-18-7-5-6-15-9(2)13(18)19/h9,15H,4-8H2,1-3H3. The summed E-state index contributed by atoms with van der Waals surface area (Å²) in [5, 5.41) is 8.30. The largest absolute Gasteiger partial charge is 0.335 e. The van der Waals surface area contributed by atoms with Crippen LogP contribution in [0, 0.1) is 0 Å². The molecular weight excluding hydrogens is 264 g/mol. The number of nitrogens with zero attached hydrogens (tertiary/aromatic N) is 3. The Labute approximate surface area is 118 Å². The summed E-state index contributed by atoms with van der Waals surface area (Å²) in [4.78, 5) is 14.1. The molecule has 5 nitrogen and oxygen atoms in total. The smallest absolute Gasteiger partial charge is 0.239 e. The second-order valence-corrected chi connectivity index (χ2v) is 5.35. The van der Waals surface area contributed by atoms with Crippen molar-refractivity contribution < 1.29 is 4.79 Å². The number of carbonyl (C=O) groups is 1. The van der Waals surface area contributed by atoms with Gasteiger partial charge in [-0.05, 0) is 26.3 Å². The van der Waals surface area contributed by atoms with Crippen LogP contribution < -0.4 is 5.32 Å². The summed E-state index contributed by atoms with van der Waals surface area (Å²) >= 11 is 6.34. The number of hydrogen-bond donors (Lipinski definition) is 1. The lowest BCUT2D eigenvalue weighted by Gasteiger charge is -2.22. The van der Waals surface area contributed by atoms with Crippen molar-refractivity contribution in [3.05, 3.63) is 16.4 Å². The Kier molecular flexibility index (Phi) is 4.47. The number of amides is 1. The van der Waals surface area contributed by atoms with Crippen LogP contribution in [0.3, 0.4) is 0 Å². The van der Waals surface area contributed by atoms with Crippen molar-refractivity contribution in [2.75, 3.05) is 13.1 Å². The summed E-state index contributed by atoms with van der Waals surface area (Å²) in [6.07, 6.45) is 1.77. The van der Waals surface area contributed by atoms with Gasteiger partial charge in [-0.2, -0.15) is 5.10 Å². The molecule has 1 saturated heterocycles. The zero-order valence-corrected chi connectivity index (χ0v) is 12.5. The Morgan fingerprint density at radius 3 is 2.89 bits per heavy atom. The van der Waals surface area contributed by atoms with E-state index >= 15 is 0 Å². The molecular formula is C13H21ClN4O. The molecule has 0 bridgehead atoms. The summed E-state index contributed by atoms with van der Waals surface area (Å²) in [5.74, 6) is 0.132. The molecule has 2 heterocycles. The zero-order chi connectivity index (χ0) is 14.0. The molecule has 1 atom stereocenters. The van der Waals surface area contributed by atoms with Gasteiger partial charge in [0, 0.05) is 13.6 Å². The lowest BCUT2D eigenvalue weighted by Crippen LogP contribution is -2.41. The van der Waals surface area contributed by atoms with E-state index in [9.17, 15) is 4.79 Å². The minimum absolute atomic E-state index is 0.125. The monoisotopic (exact) mass is 284 g/mol. The number of carbonyl (C=O) groups excluding carboxylic acids is 1. The maximum Gasteiger partial charge on any atom is 0.239 e. The molecule has 1 aromatic heterocycles. The molecule has 106 valence electrons. The summed E-state index contributed by atoms with van der Waals surface area (Å²) in [5.41, 5.74) is 1.81. The lowest BCUT2D eigenvalue weighted by molar-refractivity contribution is -0.132. The first-order chi connectivity index (χ1) is 9.04. The van der Waals surface area contributed by atoms with E-state index in [1.165, 1.54) is 0 Å². The quantitative estimate of drug-likeness (QED) is 0.911. The third-order valence-electron chi connectivity index (χ3n) is 3.58. The van der Waals surface area contributed by atoms with Gasteiger partial charge in [-0.25, -0.2) is 0 Å². The highest BCUT2D eigenvalue weighted by molar-refractivity contribution is 6.31. The predicted octanol–water partition coefficient (Wildman–Crippen LogP) is 1.35. The summed E-state index contributed by atoms with van der Waals surface area (Å²) in [6, 6.07) is -0.125. The van der Waals surface area contributed by atoms with Crippen molar-refractivity contribution in [1.82, 2.24) is 20.0 Å². The van der Waals surface area contributed by atoms with Crippen molar-refractivity contribution in [3.8, 4) is 0 Å². The maximum absolute atomic E-state index is 12.2. The number of halogens is 1. The van der Waals surface area contributed by atoms with Crippen LogP contribution in [-0.2, 0) is 24.8 Å². The van der Waals surface area contributed by atoms with Gasteiger partial charge in [-0.1, -0.05) is 18.5 Å². The average Bonchev–Trinajstić information content (AvgIpc) is 2.56. The molecule has 19 heavy (non-hydrogen) atoms. The number of hydrogen-bond acceptors (Lipinski definition) is 3. The summed E-state index contributed by atoms with van der Waals surface area (Å²) < 4.78 is 1.79. The molecule has 1 N–H and O–H groups in total. The predicted molar refractivity (Wildman–Crippen MR) is 75.1 cm³/mol. The van der Waals surface area contributed by atoms with Crippen LogP contribution in [0.2, 0.25) is 5.02 Å². The Balaban J connectivity index is 2.20. The molecule has 1 aliphatic heterocycles. The molecule has 0 saturated carbocycles. The topological polar surface area (TPSA) is 50.2 Å². The third-order valence-corrected chi connectivity index (χ3v) is 4.02. The van der Waals surface area contributed by atoms with Gasteiger partial charge in [0.15, 0.2) is 0 Å². The number of aromatic nitrogens is 2. The van der Waals surface area contributed by atoms with Crippen LogP contribution in [0.1, 0.15) is 31.7 Å². The van der Waals surface area contributed by atoms with Crippen molar-refractivity contribution in [1.29, 1.82) is 0 Å². The highest BCUT2D eigenvalue weighted by Crippen LogP contribution is 2.22. The van der Waals surface area contributed by atoms with Crippen LogP contribution >= 0.6 is 11.6 Å². The van der Waals surface area contributed by atoms with E-state index in [4.69, 9.17) is 11.6 Å². The van der Waals surface area contributed by atoms with Crippen LogP contribution in [-0.4, -0.2) is 39.7 Å². The number of rotatable bonds is 3. The molecule has 0 spiro atoms. The van der Waals surface area contributed by atoms with Crippen LogP contribution in [0.15, 0.2) is 0 Å². The van der Waals surface area contributed by atoms with Gasteiger partial charge in [0.25, 0.3) is 0 Å². The van der Waals surface area contributed by atoms with Gasteiger partial charge < -0.3 is 10.2 Å². The van der Waals surface area contributed by atoms with Gasteiger partial charge >= 0.3 is 0 Å². The first-order valence-corrected chi connectivity index (χ1v) is 7.14. The summed E-state index contributed by atoms with van der Waals surface area (Å²) in [6.45, 7) is 6.11. The molecule has 1 fully saturated rings. The van der Waals surface area contributed by atoms with Gasteiger partial charge in [0.1, 0.15) is 0 Å². The molecule has 1 amide bonds. The molecule has 2 rings (SSSR count). The highest BCUT2D eigenvalue weighted by Gasteiger charge is 2.25. The first kappa shape index (κ1) is 14.3. The molecule has 0 radical (unpaired) electrons. The van der Waals surface area contributed by atoms with E-state index in [1.807, 2.05) is 25.8 Å². The minimum atomic E-state index is -0.125. The SMILES string of the molecule is CCc1nn(C)c(CN2CCCNC(C)C2=O)c1Cl. The van der Waals surface area contributed by atoms with E-state index in [0.29, 0.717) is 11.6 Å². The van der Waals surface area contributed by atoms with E-state index in [-0.39, 0.29) is 11.9 Å². The molecule has 1 unspecified atom stereocenters. The van der Waals surface area contributed by atoms with Crippen LogP contribution in [0.4, 0.5) is 0 Å². The lowest BCUT2D eigenvalue weighted by atomic mass is 10.2.